The number of hydrogen-bond acceptors (Lipinski definition) is 8. The van der Waals surface area contributed by atoms with Crippen LogP contribution in [0, 0.1) is 23.6 Å². The lowest BCUT2D eigenvalue weighted by Crippen LogP contribution is -2.59. The number of carbonyl (C=O) groups excluding carboxylic acids is 4. The van der Waals surface area contributed by atoms with Crippen LogP contribution in [0.25, 0.3) is 0 Å². The van der Waals surface area contributed by atoms with Gasteiger partial charge >= 0.3 is 12.2 Å². The molecule has 4 N–H and O–H groups in total. The third-order valence-corrected chi connectivity index (χ3v) is 12.8. The molecule has 2 heterocycles. The lowest BCUT2D eigenvalue weighted by Gasteiger charge is -2.33. The first-order valence-corrected chi connectivity index (χ1v) is 19.3. The van der Waals surface area contributed by atoms with Crippen LogP contribution >= 0.6 is 0 Å². The number of ether oxygens (including phenoxy) is 1. The van der Waals surface area contributed by atoms with Crippen molar-refractivity contribution in [2.24, 2.45) is 17.8 Å². The Kier molecular flexibility index (Phi) is 10.7. The molecule has 4 aliphatic rings. The minimum atomic E-state index is -4.06. The number of fused-ring (bicyclic) bond motifs is 2. The third-order valence-electron chi connectivity index (χ3n) is 10.6. The van der Waals surface area contributed by atoms with E-state index in [9.17, 15) is 41.9 Å². The van der Waals surface area contributed by atoms with Gasteiger partial charge in [-0.15, -0.1) is 0 Å². The average molecular weight is 748 g/mol. The lowest BCUT2D eigenvalue weighted by atomic mass is 9.88. The van der Waals surface area contributed by atoms with E-state index in [1.54, 1.807) is 33.8 Å². The number of hydrogen-bond donors (Lipinski definition) is 4. The molecule has 7 atom stereocenters. The quantitative estimate of drug-likeness (QED) is 0.311. The van der Waals surface area contributed by atoms with E-state index in [0.29, 0.717) is 32.1 Å². The normalized spacial score (nSPS) is 30.4. The molecule has 0 aromatic heterocycles. The molecule has 2 aliphatic carbocycles. The van der Waals surface area contributed by atoms with Crippen LogP contribution in [-0.2, 0) is 29.1 Å². The zero-order valence-corrected chi connectivity index (χ0v) is 31.3. The first-order valence-electron chi connectivity index (χ1n) is 17.8. The molecule has 2 aliphatic heterocycles. The highest BCUT2D eigenvalue weighted by molar-refractivity contribution is 7.91. The first-order chi connectivity index (χ1) is 24.2. The number of halogens is 1. The summed E-state index contributed by atoms with van der Waals surface area (Å²) in [5.41, 5.74) is -2.40. The standard InChI is InChI=1S/C36H50FN5O9S/c1-21-9-7-8-10-23-19-36(23,31(45)40-52(49,50)35(6)15-16-35)39-29(43)27-18-26(42(33(47)48)25-13-11-24(37)12-14-25)20-41(27)30(44)28(22(2)17-21)38-32(46)51-34(3,4)5/h8,10-14,21-23,26-28H,7,9,15-20H2,1-6H3,(H,38,46)(H,39,43)(H,40,45)(H,47,48)/t21-,22+,23+,26+,27-,28-,36+/m0/s1. The molecule has 5 rings (SSSR count). The Bertz CT molecular complexity index is 1730. The Balaban J connectivity index is 1.54. The predicted octanol–water partition coefficient (Wildman–Crippen LogP) is 4.06. The second-order valence-electron chi connectivity index (χ2n) is 16.1. The largest absolute Gasteiger partial charge is 0.465 e. The van der Waals surface area contributed by atoms with E-state index in [0.717, 1.165) is 17.0 Å². The van der Waals surface area contributed by atoms with E-state index >= 15 is 0 Å². The Morgan fingerprint density at radius 2 is 1.75 bits per heavy atom. The summed E-state index contributed by atoms with van der Waals surface area (Å²) in [5, 5.41) is 15.8. The summed E-state index contributed by atoms with van der Waals surface area (Å²) >= 11 is 0. The van der Waals surface area contributed by atoms with Gasteiger partial charge in [0.1, 0.15) is 29.0 Å². The van der Waals surface area contributed by atoms with Crippen LogP contribution in [0.3, 0.4) is 0 Å². The van der Waals surface area contributed by atoms with Crippen molar-refractivity contribution in [3.05, 3.63) is 42.2 Å². The monoisotopic (exact) mass is 747 g/mol. The topological polar surface area (TPSA) is 192 Å². The second-order valence-corrected chi connectivity index (χ2v) is 18.3. The maximum atomic E-state index is 14.6. The summed E-state index contributed by atoms with van der Waals surface area (Å²) in [6.45, 7) is 10.1. The molecular weight excluding hydrogens is 697 g/mol. The minimum Gasteiger partial charge on any atom is -0.465 e. The van der Waals surface area contributed by atoms with Crippen LogP contribution in [0.15, 0.2) is 36.4 Å². The molecule has 0 radical (unpaired) electrons. The highest BCUT2D eigenvalue weighted by Gasteiger charge is 2.63. The van der Waals surface area contributed by atoms with Crippen molar-refractivity contribution in [2.45, 2.75) is 121 Å². The number of carbonyl (C=O) groups is 5. The molecule has 1 aromatic carbocycles. The lowest BCUT2D eigenvalue weighted by molar-refractivity contribution is -0.142. The zero-order chi connectivity index (χ0) is 38.4. The van der Waals surface area contributed by atoms with E-state index in [4.69, 9.17) is 4.74 Å². The van der Waals surface area contributed by atoms with Crippen LogP contribution in [0.4, 0.5) is 19.7 Å². The number of sulfonamides is 1. The molecule has 3 fully saturated rings. The Morgan fingerprint density at radius 3 is 2.35 bits per heavy atom. The molecule has 0 bridgehead atoms. The minimum absolute atomic E-state index is 0.0834. The summed E-state index contributed by atoms with van der Waals surface area (Å²) in [5.74, 6) is -3.80. The third kappa shape index (κ3) is 8.37. The van der Waals surface area contributed by atoms with Gasteiger partial charge in [0.15, 0.2) is 0 Å². The van der Waals surface area contributed by atoms with E-state index in [1.165, 1.54) is 17.0 Å². The van der Waals surface area contributed by atoms with Crippen molar-refractivity contribution in [2.75, 3.05) is 11.4 Å². The number of anilines is 1. The molecule has 5 amide bonds. The maximum absolute atomic E-state index is 14.6. The van der Waals surface area contributed by atoms with Crippen molar-refractivity contribution >= 4 is 45.6 Å². The van der Waals surface area contributed by atoms with Gasteiger partial charge in [-0.25, -0.2) is 22.4 Å². The molecule has 1 saturated heterocycles. The van der Waals surface area contributed by atoms with Crippen molar-refractivity contribution in [1.29, 1.82) is 0 Å². The summed E-state index contributed by atoms with van der Waals surface area (Å²) in [7, 11) is -4.06. The van der Waals surface area contributed by atoms with Crippen LogP contribution < -0.4 is 20.3 Å². The van der Waals surface area contributed by atoms with Gasteiger partial charge in [-0.05, 0) is 109 Å². The van der Waals surface area contributed by atoms with E-state index in [-0.39, 0.29) is 31.0 Å². The SMILES string of the molecule is C[C@H]1CCC=C[C@@H]2C[C@@]2(C(=O)NS(=O)(=O)C2(C)CC2)NC(=O)[C@@H]2C[C@@H](N(C(=O)O)c3ccc(F)cc3)CN2C(=O)[C@@H](NC(=O)OC(C)(C)C)[C@H](C)C1. The molecule has 1 aromatic rings. The first kappa shape index (κ1) is 39.0. The number of alkyl carbamates (subject to hydrolysis) is 1. The Hall–Kier alpha value is -4.21. The molecule has 52 heavy (non-hydrogen) atoms. The number of allylic oxidation sites excluding steroid dienone is 1. The summed E-state index contributed by atoms with van der Waals surface area (Å²) < 4.78 is 46.6. The van der Waals surface area contributed by atoms with Crippen LogP contribution in [0.5, 0.6) is 0 Å². The Morgan fingerprint density at radius 1 is 1.10 bits per heavy atom. The second kappa shape index (κ2) is 14.3. The number of nitrogens with zero attached hydrogens (tertiary/aromatic N) is 2. The fraction of sp³-hybridized carbons (Fsp3) is 0.639. The van der Waals surface area contributed by atoms with Gasteiger partial charge < -0.3 is 25.4 Å². The number of nitrogens with one attached hydrogen (secondary N) is 3. The molecule has 14 nitrogen and oxygen atoms in total. The zero-order valence-electron chi connectivity index (χ0n) is 30.5. The summed E-state index contributed by atoms with van der Waals surface area (Å²) in [6, 6.07) is 1.25. The van der Waals surface area contributed by atoms with Crippen molar-refractivity contribution < 1.29 is 46.6 Å². The van der Waals surface area contributed by atoms with Crippen molar-refractivity contribution in [1.82, 2.24) is 20.3 Å². The van der Waals surface area contributed by atoms with E-state index in [2.05, 4.69) is 15.4 Å². The summed E-state index contributed by atoms with van der Waals surface area (Å²) in [6.07, 6.45) is 3.98. The van der Waals surface area contributed by atoms with Crippen LogP contribution in [0.1, 0.15) is 86.5 Å². The molecule has 0 unspecified atom stereocenters. The highest BCUT2D eigenvalue weighted by Crippen LogP contribution is 2.47. The van der Waals surface area contributed by atoms with Gasteiger partial charge in [-0.1, -0.05) is 26.0 Å². The van der Waals surface area contributed by atoms with Gasteiger partial charge in [0.25, 0.3) is 5.91 Å². The van der Waals surface area contributed by atoms with Crippen LogP contribution in [0.2, 0.25) is 0 Å². The molecule has 286 valence electrons. The van der Waals surface area contributed by atoms with Crippen molar-refractivity contribution in [3.63, 3.8) is 0 Å². The predicted molar refractivity (Wildman–Crippen MR) is 189 cm³/mol. The van der Waals surface area contributed by atoms with Crippen molar-refractivity contribution in [3.8, 4) is 0 Å². The van der Waals surface area contributed by atoms with E-state index < -0.39 is 91.6 Å². The smallest absolute Gasteiger partial charge is 0.412 e. The average Bonchev–Trinajstić information content (AvgIpc) is 3.91. The van der Waals surface area contributed by atoms with Crippen LogP contribution in [-0.4, -0.2) is 88.9 Å². The van der Waals surface area contributed by atoms with Gasteiger partial charge in [0.2, 0.25) is 21.8 Å². The van der Waals surface area contributed by atoms with Gasteiger partial charge in [-0.2, -0.15) is 0 Å². The number of benzene rings is 1. The molecular formula is C36H50FN5O9S. The number of amides is 5. The highest BCUT2D eigenvalue weighted by atomic mass is 32.2. The fourth-order valence-electron chi connectivity index (χ4n) is 7.23. The molecule has 0 spiro atoms. The van der Waals surface area contributed by atoms with E-state index in [1.807, 2.05) is 19.9 Å². The molecule has 16 heteroatoms. The fourth-order valence-corrected chi connectivity index (χ4v) is 8.54. The van der Waals surface area contributed by atoms with Gasteiger partial charge in [0, 0.05) is 18.2 Å². The Labute approximate surface area is 303 Å². The van der Waals surface area contributed by atoms with Gasteiger partial charge in [-0.3, -0.25) is 24.0 Å². The molecule has 2 saturated carbocycles. The summed E-state index contributed by atoms with van der Waals surface area (Å²) in [4.78, 5) is 70.8. The number of rotatable bonds is 6. The van der Waals surface area contributed by atoms with Gasteiger partial charge in [0.05, 0.1) is 10.8 Å². The maximum Gasteiger partial charge on any atom is 0.412 e. The number of carboxylic acid groups (broad SMARTS) is 1.